The number of carbonyl (C=O) groups excluding carboxylic acids is 1. The second-order valence-corrected chi connectivity index (χ2v) is 8.45. The molecule has 40 heavy (non-hydrogen) atoms. The van der Waals surface area contributed by atoms with Gasteiger partial charge in [0.15, 0.2) is 24.0 Å². The predicted octanol–water partition coefficient (Wildman–Crippen LogP) is 4.91. The van der Waals surface area contributed by atoms with Crippen LogP contribution in [0.3, 0.4) is 0 Å². The van der Waals surface area contributed by atoms with Crippen LogP contribution < -0.4 is 14.8 Å². The molecule has 2 aromatic carbocycles. The predicted molar refractivity (Wildman–Crippen MR) is 142 cm³/mol. The van der Waals surface area contributed by atoms with Gasteiger partial charge in [-0.25, -0.2) is 23.5 Å². The number of nitrogens with zero attached hydrogens (tertiary/aromatic N) is 5. The molecule has 5 aromatic rings. The zero-order valence-corrected chi connectivity index (χ0v) is 21.6. The van der Waals surface area contributed by atoms with Crippen LogP contribution in [0.4, 0.5) is 20.3 Å². The van der Waals surface area contributed by atoms with Gasteiger partial charge in [0.25, 0.3) is 0 Å². The number of esters is 1. The maximum Gasteiger partial charge on any atom is 0.344 e. The SMILES string of the molecule is CCOC(=O)COc1cc(F)c(Cn2nc(-c3ncc(OC)c(Nc4ccncc4)n3)c3ccccc32)c(F)c1. The minimum Gasteiger partial charge on any atom is -0.491 e. The highest BCUT2D eigenvalue weighted by Gasteiger charge is 2.20. The van der Waals surface area contributed by atoms with Crippen LogP contribution in [0.15, 0.2) is 67.1 Å². The first-order valence-corrected chi connectivity index (χ1v) is 12.3. The fourth-order valence-corrected chi connectivity index (χ4v) is 4.02. The Morgan fingerprint density at radius 1 is 1.07 bits per heavy atom. The van der Waals surface area contributed by atoms with Gasteiger partial charge in [-0.05, 0) is 25.1 Å². The molecular formula is C28H24F2N6O4. The second-order valence-electron chi connectivity index (χ2n) is 8.45. The lowest BCUT2D eigenvalue weighted by atomic mass is 10.1. The number of para-hydroxylation sites is 1. The zero-order chi connectivity index (χ0) is 28.1. The molecule has 204 valence electrons. The number of fused-ring (bicyclic) bond motifs is 1. The molecule has 0 saturated carbocycles. The van der Waals surface area contributed by atoms with E-state index >= 15 is 8.78 Å². The van der Waals surface area contributed by atoms with E-state index in [1.54, 1.807) is 43.6 Å². The summed E-state index contributed by atoms with van der Waals surface area (Å²) in [6.45, 7) is 1.15. The van der Waals surface area contributed by atoms with Gasteiger partial charge in [-0.1, -0.05) is 18.2 Å². The number of aromatic nitrogens is 5. The number of pyridine rings is 1. The minimum absolute atomic E-state index is 0.126. The van der Waals surface area contributed by atoms with Crippen molar-refractivity contribution in [1.29, 1.82) is 0 Å². The van der Waals surface area contributed by atoms with Gasteiger partial charge in [0.1, 0.15) is 23.1 Å². The van der Waals surface area contributed by atoms with E-state index in [4.69, 9.17) is 14.2 Å². The maximum atomic E-state index is 15.0. The van der Waals surface area contributed by atoms with Crippen molar-refractivity contribution in [3.05, 3.63) is 84.3 Å². The molecule has 0 spiro atoms. The number of carbonyl (C=O) groups is 1. The van der Waals surface area contributed by atoms with E-state index in [-0.39, 0.29) is 30.3 Å². The van der Waals surface area contributed by atoms with Gasteiger partial charge in [0.2, 0.25) is 0 Å². The van der Waals surface area contributed by atoms with Crippen LogP contribution in [0.25, 0.3) is 22.4 Å². The molecule has 0 atom stereocenters. The summed E-state index contributed by atoms with van der Waals surface area (Å²) in [4.78, 5) is 24.6. The summed E-state index contributed by atoms with van der Waals surface area (Å²) >= 11 is 0. The van der Waals surface area contributed by atoms with Crippen LogP contribution in [-0.4, -0.2) is 51.0 Å². The largest absolute Gasteiger partial charge is 0.491 e. The third-order valence-corrected chi connectivity index (χ3v) is 5.87. The highest BCUT2D eigenvalue weighted by Crippen LogP contribution is 2.31. The van der Waals surface area contributed by atoms with E-state index in [2.05, 4.69) is 25.4 Å². The first kappa shape index (κ1) is 26.5. The summed E-state index contributed by atoms with van der Waals surface area (Å²) < 4.78 is 46.9. The number of hydrogen-bond acceptors (Lipinski definition) is 9. The number of halogens is 2. The Labute approximate surface area is 227 Å². The van der Waals surface area contributed by atoms with Crippen LogP contribution in [-0.2, 0) is 16.1 Å². The molecule has 0 aliphatic carbocycles. The third kappa shape index (κ3) is 5.65. The standard InChI is InChI=1S/C28H24F2N6O4/c1-3-39-25(37)16-40-18-12-21(29)20(22(30)13-18)15-36-23-7-5-4-6-19(23)26(35-36)28-32-14-24(38-2)27(34-28)33-17-8-10-31-11-9-17/h4-14H,3,15-16H2,1-2H3,(H,31,32,33,34). The van der Waals surface area contributed by atoms with Crippen molar-refractivity contribution in [3.8, 4) is 23.0 Å². The summed E-state index contributed by atoms with van der Waals surface area (Å²) in [7, 11) is 1.51. The molecule has 0 aliphatic rings. The Hall–Kier alpha value is -5.13. The van der Waals surface area contributed by atoms with E-state index < -0.39 is 24.2 Å². The number of hydrogen-bond donors (Lipinski definition) is 1. The van der Waals surface area contributed by atoms with Gasteiger partial charge in [-0.3, -0.25) is 9.67 Å². The van der Waals surface area contributed by atoms with Gasteiger partial charge in [0, 0.05) is 41.2 Å². The van der Waals surface area contributed by atoms with Gasteiger partial charge < -0.3 is 19.5 Å². The zero-order valence-electron chi connectivity index (χ0n) is 21.6. The Morgan fingerprint density at radius 3 is 2.55 bits per heavy atom. The Bertz CT molecular complexity index is 1640. The summed E-state index contributed by atoms with van der Waals surface area (Å²) in [5, 5.41) is 8.50. The lowest BCUT2D eigenvalue weighted by Gasteiger charge is -2.11. The number of rotatable bonds is 10. The van der Waals surface area contributed by atoms with Crippen LogP contribution in [0.1, 0.15) is 12.5 Å². The fraction of sp³-hybridized carbons (Fsp3) is 0.179. The van der Waals surface area contributed by atoms with Crippen LogP contribution >= 0.6 is 0 Å². The van der Waals surface area contributed by atoms with Gasteiger partial charge in [0.05, 0.1) is 32.0 Å². The average molecular weight is 547 g/mol. The van der Waals surface area contributed by atoms with Crippen LogP contribution in [0.2, 0.25) is 0 Å². The van der Waals surface area contributed by atoms with Crippen molar-refractivity contribution in [2.24, 2.45) is 0 Å². The number of methoxy groups -OCH3 is 1. The summed E-state index contributed by atoms with van der Waals surface area (Å²) in [5.41, 5.74) is 1.57. The van der Waals surface area contributed by atoms with Crippen molar-refractivity contribution in [3.63, 3.8) is 0 Å². The molecule has 0 bridgehead atoms. The number of anilines is 2. The molecule has 0 amide bonds. The van der Waals surface area contributed by atoms with E-state index in [9.17, 15) is 4.79 Å². The lowest BCUT2D eigenvalue weighted by molar-refractivity contribution is -0.145. The molecule has 0 unspecified atom stereocenters. The normalized spacial score (nSPS) is 10.9. The van der Waals surface area contributed by atoms with E-state index in [0.29, 0.717) is 28.2 Å². The lowest BCUT2D eigenvalue weighted by Crippen LogP contribution is -2.15. The molecule has 0 fully saturated rings. The van der Waals surface area contributed by atoms with E-state index in [1.807, 2.05) is 12.1 Å². The van der Waals surface area contributed by atoms with Gasteiger partial charge in [-0.15, -0.1) is 0 Å². The molecular weight excluding hydrogens is 522 g/mol. The minimum atomic E-state index is -0.843. The number of nitrogens with one attached hydrogen (secondary N) is 1. The number of benzene rings is 2. The third-order valence-electron chi connectivity index (χ3n) is 5.87. The molecule has 0 radical (unpaired) electrons. The Morgan fingerprint density at radius 2 is 1.82 bits per heavy atom. The summed E-state index contributed by atoms with van der Waals surface area (Å²) in [5.74, 6) is -1.34. The molecule has 0 saturated heterocycles. The van der Waals surface area contributed by atoms with Gasteiger partial charge >= 0.3 is 5.97 Å². The summed E-state index contributed by atoms with van der Waals surface area (Å²) in [6, 6.07) is 12.9. The molecule has 0 aliphatic heterocycles. The average Bonchev–Trinajstić information content (AvgIpc) is 3.33. The van der Waals surface area contributed by atoms with Crippen molar-refractivity contribution >= 4 is 28.4 Å². The summed E-state index contributed by atoms with van der Waals surface area (Å²) in [6.07, 6.45) is 4.81. The fourth-order valence-electron chi connectivity index (χ4n) is 4.02. The smallest absolute Gasteiger partial charge is 0.344 e. The van der Waals surface area contributed by atoms with E-state index in [0.717, 1.165) is 17.8 Å². The highest BCUT2D eigenvalue weighted by molar-refractivity contribution is 5.92. The van der Waals surface area contributed by atoms with Crippen LogP contribution in [0.5, 0.6) is 11.5 Å². The molecule has 1 N–H and O–H groups in total. The van der Waals surface area contributed by atoms with E-state index in [1.165, 1.54) is 18.0 Å². The van der Waals surface area contributed by atoms with Crippen LogP contribution in [0, 0.1) is 11.6 Å². The number of ether oxygens (including phenoxy) is 3. The molecule has 12 heteroatoms. The van der Waals surface area contributed by atoms with Crippen molar-refractivity contribution in [2.45, 2.75) is 13.5 Å². The molecule has 3 heterocycles. The monoisotopic (exact) mass is 546 g/mol. The van der Waals surface area contributed by atoms with Crippen molar-refractivity contribution < 1.29 is 27.8 Å². The molecule has 10 nitrogen and oxygen atoms in total. The highest BCUT2D eigenvalue weighted by atomic mass is 19.1. The van der Waals surface area contributed by atoms with Crippen molar-refractivity contribution in [2.75, 3.05) is 25.6 Å². The quantitative estimate of drug-likeness (QED) is 0.244. The van der Waals surface area contributed by atoms with Crippen molar-refractivity contribution in [1.82, 2.24) is 24.7 Å². The Kier molecular flexibility index (Phi) is 7.76. The Balaban J connectivity index is 1.47. The maximum absolute atomic E-state index is 15.0. The molecule has 3 aromatic heterocycles. The molecule has 5 rings (SSSR count). The first-order valence-electron chi connectivity index (χ1n) is 12.3. The second kappa shape index (κ2) is 11.7. The van der Waals surface area contributed by atoms with Gasteiger partial charge in [-0.2, -0.15) is 5.10 Å². The first-order chi connectivity index (χ1) is 19.5. The topological polar surface area (TPSA) is 113 Å².